The zero-order valence-corrected chi connectivity index (χ0v) is 23.6. The monoisotopic (exact) mass is 456 g/mol. The van der Waals surface area contributed by atoms with E-state index in [1.54, 1.807) is 0 Å². The molecular formula is C33H44O. The van der Waals surface area contributed by atoms with Crippen molar-refractivity contribution in [1.82, 2.24) is 0 Å². The van der Waals surface area contributed by atoms with E-state index in [4.69, 9.17) is 4.74 Å². The van der Waals surface area contributed by atoms with Gasteiger partial charge in [0.15, 0.2) is 0 Å². The van der Waals surface area contributed by atoms with E-state index in [-0.39, 0.29) is 0 Å². The molecule has 0 radical (unpaired) electrons. The van der Waals surface area contributed by atoms with Crippen molar-refractivity contribution in [2.24, 2.45) is 5.92 Å². The van der Waals surface area contributed by atoms with Crippen LogP contribution in [-0.4, -0.2) is 0 Å². The predicted octanol–water partition coefficient (Wildman–Crippen LogP) is 9.93. The zero-order valence-electron chi connectivity index (χ0n) is 23.6. The molecule has 0 aromatic heterocycles. The number of hydrogen-bond donors (Lipinski definition) is 0. The van der Waals surface area contributed by atoms with E-state index in [2.05, 4.69) is 101 Å². The van der Waals surface area contributed by atoms with Crippen LogP contribution in [0.1, 0.15) is 96.0 Å². The van der Waals surface area contributed by atoms with E-state index in [9.17, 15) is 0 Å². The minimum Gasteiger partial charge on any atom is -0.466 e. The normalized spacial score (nSPS) is 18.7. The summed E-state index contributed by atoms with van der Waals surface area (Å²) in [5, 5.41) is 0. The highest BCUT2D eigenvalue weighted by atomic mass is 16.5. The smallest absolute Gasteiger partial charge is 0.104 e. The van der Waals surface area contributed by atoms with Gasteiger partial charge in [-0.3, -0.25) is 0 Å². The second-order valence-electron chi connectivity index (χ2n) is 10.7. The third-order valence-electron chi connectivity index (χ3n) is 7.98. The lowest BCUT2D eigenvalue weighted by molar-refractivity contribution is 0.295. The summed E-state index contributed by atoms with van der Waals surface area (Å²) in [6.45, 7) is 26.8. The summed E-state index contributed by atoms with van der Waals surface area (Å²) in [6, 6.07) is 2.32. The van der Waals surface area contributed by atoms with E-state index < -0.39 is 0 Å². The Morgan fingerprint density at radius 2 is 1.35 bits per heavy atom. The summed E-state index contributed by atoms with van der Waals surface area (Å²) >= 11 is 0. The quantitative estimate of drug-likeness (QED) is 0.438. The summed E-state index contributed by atoms with van der Waals surface area (Å²) in [5.41, 5.74) is 18.1. The van der Waals surface area contributed by atoms with Gasteiger partial charge in [-0.25, -0.2) is 0 Å². The summed E-state index contributed by atoms with van der Waals surface area (Å²) in [4.78, 5) is 0. The van der Waals surface area contributed by atoms with Crippen LogP contribution >= 0.6 is 0 Å². The summed E-state index contributed by atoms with van der Waals surface area (Å²) in [5.74, 6) is 2.53. The van der Waals surface area contributed by atoms with Crippen molar-refractivity contribution in [3.8, 4) is 0 Å². The Kier molecular flexibility index (Phi) is 7.65. The molecule has 1 nitrogen and oxygen atoms in total. The molecule has 0 fully saturated rings. The first kappa shape index (κ1) is 26.1. The first-order chi connectivity index (χ1) is 15.8. The van der Waals surface area contributed by atoms with Gasteiger partial charge in [0.05, 0.1) is 0 Å². The second kappa shape index (κ2) is 9.98. The van der Waals surface area contributed by atoms with Gasteiger partial charge in [-0.2, -0.15) is 0 Å². The Morgan fingerprint density at radius 3 is 1.85 bits per heavy atom. The number of ether oxygens (including phenoxy) is 1. The van der Waals surface area contributed by atoms with Crippen LogP contribution < -0.4 is 0 Å². The van der Waals surface area contributed by atoms with Gasteiger partial charge in [0.1, 0.15) is 11.5 Å². The molecule has 1 aliphatic heterocycles. The summed E-state index contributed by atoms with van der Waals surface area (Å²) in [7, 11) is 0. The standard InChI is InChI=1S/C33H44O/c1-18(2)31-29(16-21(5)32-23(7)19(3)15-20(4)24(32)8)13-14-30(31)17-22(6)33-25(9)27(11)34-28(12)26(33)10/h15-18H,13-14H2,1-12H3/b21-16+,30-17-. The molecule has 1 heteroatoms. The molecule has 0 bridgehead atoms. The third-order valence-corrected chi connectivity index (χ3v) is 7.98. The third kappa shape index (κ3) is 4.81. The molecule has 1 aromatic carbocycles. The van der Waals surface area contributed by atoms with Crippen molar-refractivity contribution in [3.63, 3.8) is 0 Å². The Morgan fingerprint density at radius 1 is 0.824 bits per heavy atom. The van der Waals surface area contributed by atoms with Crippen LogP contribution in [0.2, 0.25) is 0 Å². The van der Waals surface area contributed by atoms with Crippen LogP contribution in [0.3, 0.4) is 0 Å². The fraction of sp³-hybridized carbons (Fsp3) is 0.455. The van der Waals surface area contributed by atoms with E-state index >= 15 is 0 Å². The first-order valence-electron chi connectivity index (χ1n) is 12.8. The van der Waals surface area contributed by atoms with Crippen molar-refractivity contribution >= 4 is 5.57 Å². The predicted molar refractivity (Wildman–Crippen MR) is 149 cm³/mol. The number of allylic oxidation sites excluding steroid dienone is 12. The lowest BCUT2D eigenvalue weighted by Gasteiger charge is -2.24. The number of aryl methyl sites for hydroxylation is 2. The van der Waals surface area contributed by atoms with Gasteiger partial charge >= 0.3 is 0 Å². The summed E-state index contributed by atoms with van der Waals surface area (Å²) in [6.07, 6.45) is 7.16. The molecular weight excluding hydrogens is 412 g/mol. The maximum Gasteiger partial charge on any atom is 0.104 e. The van der Waals surface area contributed by atoms with E-state index in [0.717, 1.165) is 24.4 Å². The highest BCUT2D eigenvalue weighted by molar-refractivity contribution is 5.74. The van der Waals surface area contributed by atoms with Crippen molar-refractivity contribution in [2.45, 2.75) is 95.9 Å². The lowest BCUT2D eigenvalue weighted by atomic mass is 9.87. The molecule has 0 unspecified atom stereocenters. The molecule has 1 heterocycles. The fourth-order valence-electron chi connectivity index (χ4n) is 5.87. The number of benzene rings is 1. The average Bonchev–Trinajstić information content (AvgIpc) is 3.13. The maximum absolute atomic E-state index is 5.95. The van der Waals surface area contributed by atoms with E-state index in [1.807, 2.05) is 0 Å². The van der Waals surface area contributed by atoms with Crippen LogP contribution in [0.15, 0.2) is 68.7 Å². The van der Waals surface area contributed by atoms with Gasteiger partial charge in [0, 0.05) is 0 Å². The Bertz CT molecular complexity index is 1160. The highest BCUT2D eigenvalue weighted by Gasteiger charge is 2.24. The van der Waals surface area contributed by atoms with Gasteiger partial charge < -0.3 is 4.74 Å². The number of rotatable bonds is 4. The van der Waals surface area contributed by atoms with Gasteiger partial charge in [-0.1, -0.05) is 32.1 Å². The Balaban J connectivity index is 2.14. The van der Waals surface area contributed by atoms with Crippen molar-refractivity contribution < 1.29 is 4.74 Å². The van der Waals surface area contributed by atoms with Crippen LogP contribution in [-0.2, 0) is 4.74 Å². The number of hydrogen-bond acceptors (Lipinski definition) is 1. The van der Waals surface area contributed by atoms with Gasteiger partial charge in [0.2, 0.25) is 0 Å². The topological polar surface area (TPSA) is 9.23 Å². The highest BCUT2D eigenvalue weighted by Crippen LogP contribution is 2.41. The van der Waals surface area contributed by atoms with Crippen LogP contribution in [0.25, 0.3) is 5.57 Å². The van der Waals surface area contributed by atoms with Gasteiger partial charge in [-0.15, -0.1) is 0 Å². The molecule has 0 atom stereocenters. The van der Waals surface area contributed by atoms with Crippen molar-refractivity contribution in [3.05, 3.63) is 96.6 Å². The Labute approximate surface area is 208 Å². The fourth-order valence-corrected chi connectivity index (χ4v) is 5.87. The molecule has 0 saturated carbocycles. The molecule has 0 N–H and O–H groups in total. The molecule has 3 rings (SSSR count). The minimum atomic E-state index is 0.499. The first-order valence-corrected chi connectivity index (χ1v) is 12.8. The van der Waals surface area contributed by atoms with Crippen LogP contribution in [0.5, 0.6) is 0 Å². The molecule has 0 spiro atoms. The zero-order chi connectivity index (χ0) is 25.5. The molecule has 2 aliphatic rings. The van der Waals surface area contributed by atoms with Gasteiger partial charge in [-0.05, 0) is 160 Å². The summed E-state index contributed by atoms with van der Waals surface area (Å²) < 4.78 is 5.95. The largest absolute Gasteiger partial charge is 0.466 e. The molecule has 1 aromatic rings. The van der Waals surface area contributed by atoms with Crippen LogP contribution in [0, 0.1) is 33.6 Å². The van der Waals surface area contributed by atoms with E-state index in [0.29, 0.717) is 5.92 Å². The lowest BCUT2D eigenvalue weighted by Crippen LogP contribution is -2.07. The van der Waals surface area contributed by atoms with Crippen LogP contribution in [0.4, 0.5) is 0 Å². The molecule has 34 heavy (non-hydrogen) atoms. The second-order valence-corrected chi connectivity index (χ2v) is 10.7. The maximum atomic E-state index is 5.95. The molecule has 0 amide bonds. The molecule has 182 valence electrons. The molecule has 1 aliphatic carbocycles. The molecule has 0 saturated heterocycles. The average molecular weight is 457 g/mol. The van der Waals surface area contributed by atoms with Crippen molar-refractivity contribution in [2.75, 3.05) is 0 Å². The Hall–Kier alpha value is -2.54. The van der Waals surface area contributed by atoms with Crippen molar-refractivity contribution in [1.29, 1.82) is 0 Å². The van der Waals surface area contributed by atoms with Gasteiger partial charge in [0.25, 0.3) is 0 Å². The SMILES string of the molecule is CC(/C=C1/CCC(/C=C(\C)c2c(C)c(C)cc(C)c2C)=C1C(C)C)=C1C(C)=C(C)OC(C)=C1C. The van der Waals surface area contributed by atoms with E-state index in [1.165, 1.54) is 72.4 Å². The minimum absolute atomic E-state index is 0.499.